The van der Waals surface area contributed by atoms with Crippen molar-refractivity contribution >= 4 is 11.9 Å². The molecular weight excluding hydrogens is 268 g/mol. The second-order valence-electron chi connectivity index (χ2n) is 5.95. The zero-order chi connectivity index (χ0) is 15.9. The fourth-order valence-corrected chi connectivity index (χ4v) is 1.70. The number of rotatable bonds is 6. The normalized spacial score (nSPS) is 11.0. The zero-order valence-electron chi connectivity index (χ0n) is 13.3. The summed E-state index contributed by atoms with van der Waals surface area (Å²) < 4.78 is 10.4. The molecule has 4 nitrogen and oxygen atoms in total. The minimum Gasteiger partial charge on any atom is -0.462 e. The first-order chi connectivity index (χ1) is 9.81. The Bertz CT molecular complexity index is 469. The van der Waals surface area contributed by atoms with Crippen molar-refractivity contribution in [2.45, 2.75) is 52.6 Å². The van der Waals surface area contributed by atoms with Gasteiger partial charge in [-0.3, -0.25) is 4.79 Å². The highest BCUT2D eigenvalue weighted by molar-refractivity contribution is 5.89. The van der Waals surface area contributed by atoms with Crippen LogP contribution in [0.2, 0.25) is 0 Å². The quantitative estimate of drug-likeness (QED) is 0.594. The Balaban J connectivity index is 2.54. The van der Waals surface area contributed by atoms with Gasteiger partial charge in [-0.25, -0.2) is 4.79 Å². The average Bonchev–Trinajstić information content (AvgIpc) is 2.37. The monoisotopic (exact) mass is 292 g/mol. The summed E-state index contributed by atoms with van der Waals surface area (Å²) in [7, 11) is 0. The van der Waals surface area contributed by atoms with Gasteiger partial charge in [0.2, 0.25) is 0 Å². The van der Waals surface area contributed by atoms with Crippen molar-refractivity contribution < 1.29 is 19.1 Å². The number of ether oxygens (including phenoxy) is 2. The fourth-order valence-electron chi connectivity index (χ4n) is 1.70. The molecule has 1 rings (SSSR count). The maximum Gasteiger partial charge on any atom is 0.338 e. The number of esters is 2. The lowest BCUT2D eigenvalue weighted by Gasteiger charge is -2.19. The molecule has 0 saturated heterocycles. The standard InChI is InChI=1S/C17H24O4/c1-5-6-11-20-16(19)14-9-7-13(8-10-14)12-15(18)21-17(2,3)4/h7-10H,5-6,11-12H2,1-4H3. The van der Waals surface area contributed by atoms with Gasteiger partial charge in [0.05, 0.1) is 18.6 Å². The van der Waals surface area contributed by atoms with E-state index in [2.05, 4.69) is 0 Å². The Morgan fingerprint density at radius 2 is 1.71 bits per heavy atom. The summed E-state index contributed by atoms with van der Waals surface area (Å²) >= 11 is 0. The highest BCUT2D eigenvalue weighted by Crippen LogP contribution is 2.11. The minimum atomic E-state index is -0.486. The van der Waals surface area contributed by atoms with Crippen LogP contribution in [0.4, 0.5) is 0 Å². The van der Waals surface area contributed by atoms with Crippen LogP contribution in [-0.2, 0) is 20.7 Å². The summed E-state index contributed by atoms with van der Waals surface area (Å²) in [6.45, 7) is 7.98. The van der Waals surface area contributed by atoms with E-state index >= 15 is 0 Å². The van der Waals surface area contributed by atoms with Crippen molar-refractivity contribution in [2.24, 2.45) is 0 Å². The van der Waals surface area contributed by atoms with Gasteiger partial charge in [-0.2, -0.15) is 0 Å². The molecule has 0 radical (unpaired) electrons. The lowest BCUT2D eigenvalue weighted by Crippen LogP contribution is -2.24. The van der Waals surface area contributed by atoms with E-state index in [0.29, 0.717) is 12.2 Å². The molecule has 0 fully saturated rings. The highest BCUT2D eigenvalue weighted by atomic mass is 16.6. The van der Waals surface area contributed by atoms with Gasteiger partial charge >= 0.3 is 11.9 Å². The smallest absolute Gasteiger partial charge is 0.338 e. The zero-order valence-corrected chi connectivity index (χ0v) is 13.3. The molecule has 0 aliphatic carbocycles. The van der Waals surface area contributed by atoms with Crippen molar-refractivity contribution in [2.75, 3.05) is 6.61 Å². The molecule has 0 atom stereocenters. The summed E-state index contributed by atoms with van der Waals surface area (Å²) in [6.07, 6.45) is 2.05. The Morgan fingerprint density at radius 3 is 2.24 bits per heavy atom. The van der Waals surface area contributed by atoms with E-state index in [9.17, 15) is 9.59 Å². The minimum absolute atomic E-state index is 0.197. The van der Waals surface area contributed by atoms with Gasteiger partial charge in [-0.15, -0.1) is 0 Å². The Morgan fingerprint density at radius 1 is 1.10 bits per heavy atom. The van der Waals surface area contributed by atoms with Gasteiger partial charge in [-0.1, -0.05) is 25.5 Å². The van der Waals surface area contributed by atoms with Gasteiger partial charge in [0.15, 0.2) is 0 Å². The number of carbonyl (C=O) groups is 2. The molecule has 0 heterocycles. The van der Waals surface area contributed by atoms with Crippen molar-refractivity contribution in [1.82, 2.24) is 0 Å². The first-order valence-electron chi connectivity index (χ1n) is 7.29. The van der Waals surface area contributed by atoms with E-state index in [0.717, 1.165) is 18.4 Å². The van der Waals surface area contributed by atoms with Gasteiger partial charge in [-0.05, 0) is 44.9 Å². The number of hydrogen-bond acceptors (Lipinski definition) is 4. The Hall–Kier alpha value is -1.84. The van der Waals surface area contributed by atoms with Crippen LogP contribution in [-0.4, -0.2) is 24.1 Å². The molecule has 0 aliphatic rings. The Labute approximate surface area is 126 Å². The molecule has 21 heavy (non-hydrogen) atoms. The van der Waals surface area contributed by atoms with Crippen LogP contribution >= 0.6 is 0 Å². The number of hydrogen-bond donors (Lipinski definition) is 0. The van der Waals surface area contributed by atoms with Crippen LogP contribution in [0.3, 0.4) is 0 Å². The highest BCUT2D eigenvalue weighted by Gasteiger charge is 2.16. The van der Waals surface area contributed by atoms with Crippen LogP contribution in [0.5, 0.6) is 0 Å². The molecule has 0 aromatic heterocycles. The van der Waals surface area contributed by atoms with E-state index in [1.54, 1.807) is 24.3 Å². The van der Waals surface area contributed by atoms with E-state index in [4.69, 9.17) is 9.47 Å². The fraction of sp³-hybridized carbons (Fsp3) is 0.529. The number of benzene rings is 1. The van der Waals surface area contributed by atoms with E-state index < -0.39 is 5.60 Å². The SMILES string of the molecule is CCCCOC(=O)c1ccc(CC(=O)OC(C)(C)C)cc1. The lowest BCUT2D eigenvalue weighted by molar-refractivity contribution is -0.153. The summed E-state index contributed by atoms with van der Waals surface area (Å²) in [6, 6.07) is 6.85. The summed E-state index contributed by atoms with van der Waals surface area (Å²) in [5, 5.41) is 0. The lowest BCUT2D eigenvalue weighted by atomic mass is 10.1. The van der Waals surface area contributed by atoms with Crippen molar-refractivity contribution in [3.8, 4) is 0 Å². The van der Waals surface area contributed by atoms with Crippen LogP contribution in [0, 0.1) is 0 Å². The first kappa shape index (κ1) is 17.2. The summed E-state index contributed by atoms with van der Waals surface area (Å²) in [5.74, 6) is -0.604. The molecule has 0 amide bonds. The maximum absolute atomic E-state index is 11.7. The maximum atomic E-state index is 11.7. The predicted molar refractivity (Wildman–Crippen MR) is 81.2 cm³/mol. The summed E-state index contributed by atoms with van der Waals surface area (Å²) in [4.78, 5) is 23.4. The first-order valence-corrected chi connectivity index (χ1v) is 7.29. The molecule has 0 saturated carbocycles. The van der Waals surface area contributed by atoms with Crippen LogP contribution in [0.15, 0.2) is 24.3 Å². The average molecular weight is 292 g/mol. The van der Waals surface area contributed by atoms with Crippen LogP contribution < -0.4 is 0 Å². The van der Waals surface area contributed by atoms with E-state index in [1.807, 2.05) is 27.7 Å². The number of unbranched alkanes of at least 4 members (excludes halogenated alkanes) is 1. The summed E-state index contributed by atoms with van der Waals surface area (Å²) in [5.41, 5.74) is 0.827. The van der Waals surface area contributed by atoms with Gasteiger partial charge < -0.3 is 9.47 Å². The third kappa shape index (κ3) is 6.93. The van der Waals surface area contributed by atoms with E-state index in [1.165, 1.54) is 0 Å². The van der Waals surface area contributed by atoms with Crippen LogP contribution in [0.1, 0.15) is 56.5 Å². The third-order valence-corrected chi connectivity index (χ3v) is 2.69. The van der Waals surface area contributed by atoms with Gasteiger partial charge in [0.1, 0.15) is 5.60 Å². The van der Waals surface area contributed by atoms with Crippen LogP contribution in [0.25, 0.3) is 0 Å². The second-order valence-corrected chi connectivity index (χ2v) is 5.95. The molecule has 0 unspecified atom stereocenters. The molecular formula is C17H24O4. The number of carbonyl (C=O) groups excluding carboxylic acids is 2. The predicted octanol–water partition coefficient (Wildman–Crippen LogP) is 3.53. The topological polar surface area (TPSA) is 52.6 Å². The molecule has 0 spiro atoms. The van der Waals surface area contributed by atoms with Crippen molar-refractivity contribution in [3.63, 3.8) is 0 Å². The molecule has 0 aliphatic heterocycles. The molecule has 1 aromatic carbocycles. The molecule has 1 aromatic rings. The molecule has 116 valence electrons. The van der Waals surface area contributed by atoms with Gasteiger partial charge in [0, 0.05) is 0 Å². The molecule has 4 heteroatoms. The largest absolute Gasteiger partial charge is 0.462 e. The Kier molecular flexibility index (Phi) is 6.40. The van der Waals surface area contributed by atoms with Gasteiger partial charge in [0.25, 0.3) is 0 Å². The van der Waals surface area contributed by atoms with E-state index in [-0.39, 0.29) is 18.4 Å². The third-order valence-electron chi connectivity index (χ3n) is 2.69. The van der Waals surface area contributed by atoms with Crippen molar-refractivity contribution in [1.29, 1.82) is 0 Å². The molecule has 0 bridgehead atoms. The molecule has 0 N–H and O–H groups in total. The van der Waals surface area contributed by atoms with Crippen molar-refractivity contribution in [3.05, 3.63) is 35.4 Å². The second kappa shape index (κ2) is 7.81.